The van der Waals surface area contributed by atoms with Crippen LogP contribution in [0.1, 0.15) is 0 Å². The van der Waals surface area contributed by atoms with Crippen LogP contribution < -0.4 is 20.3 Å². The predicted molar refractivity (Wildman–Crippen MR) is 106 cm³/mol. The van der Waals surface area contributed by atoms with Crippen molar-refractivity contribution in [3.63, 3.8) is 0 Å². The predicted octanol–water partition coefficient (Wildman–Crippen LogP) is 3.13. The second-order valence-corrected chi connectivity index (χ2v) is 5.85. The number of rotatable bonds is 7. The van der Waals surface area contributed by atoms with E-state index in [1.807, 2.05) is 43.3 Å². The molecule has 144 valence electrons. The van der Waals surface area contributed by atoms with Gasteiger partial charge < -0.3 is 20.3 Å². The molecule has 0 bridgehead atoms. The van der Waals surface area contributed by atoms with E-state index in [2.05, 4.69) is 10.6 Å². The molecule has 2 aromatic carbocycles. The van der Waals surface area contributed by atoms with Gasteiger partial charge in [0.25, 0.3) is 11.6 Å². The van der Waals surface area contributed by atoms with Gasteiger partial charge in [-0.2, -0.15) is 5.26 Å². The van der Waals surface area contributed by atoms with Gasteiger partial charge in [0.15, 0.2) is 0 Å². The van der Waals surface area contributed by atoms with Crippen molar-refractivity contribution in [1.29, 1.82) is 5.26 Å². The topological polar surface area (TPSA) is 121 Å². The lowest BCUT2D eigenvalue weighted by Gasteiger charge is -2.13. The molecule has 0 saturated carbocycles. The van der Waals surface area contributed by atoms with Crippen LogP contribution in [-0.2, 0) is 4.79 Å². The molecule has 0 aliphatic carbocycles. The SMILES string of the molecule is COc1cc([N+](=O)[O-])ccc1NC(=O)/C(C#N)=C\Nc1cccc(N(C)C)c1. The minimum absolute atomic E-state index is 0.117. The van der Waals surface area contributed by atoms with E-state index in [9.17, 15) is 20.2 Å². The summed E-state index contributed by atoms with van der Waals surface area (Å²) in [5, 5.41) is 25.6. The molecule has 2 aromatic rings. The highest BCUT2D eigenvalue weighted by molar-refractivity contribution is 6.07. The lowest BCUT2D eigenvalue weighted by Crippen LogP contribution is -2.15. The van der Waals surface area contributed by atoms with E-state index < -0.39 is 10.8 Å². The molecule has 0 aromatic heterocycles. The number of nitrogens with zero attached hydrogens (tertiary/aromatic N) is 3. The smallest absolute Gasteiger partial charge is 0.273 e. The van der Waals surface area contributed by atoms with Crippen LogP contribution in [0.3, 0.4) is 0 Å². The van der Waals surface area contributed by atoms with Gasteiger partial charge in [0.05, 0.1) is 23.8 Å². The molecule has 0 spiro atoms. The summed E-state index contributed by atoms with van der Waals surface area (Å²) in [5.74, 6) is -0.558. The first-order valence-corrected chi connectivity index (χ1v) is 8.13. The maximum absolute atomic E-state index is 12.4. The summed E-state index contributed by atoms with van der Waals surface area (Å²) in [7, 11) is 5.14. The average Bonchev–Trinajstić information content (AvgIpc) is 2.68. The monoisotopic (exact) mass is 381 g/mol. The van der Waals surface area contributed by atoms with Gasteiger partial charge in [-0.3, -0.25) is 14.9 Å². The number of carbonyl (C=O) groups excluding carboxylic acids is 1. The normalized spacial score (nSPS) is 10.6. The van der Waals surface area contributed by atoms with Crippen LogP contribution in [-0.4, -0.2) is 32.0 Å². The quantitative estimate of drug-likeness (QED) is 0.327. The molecule has 2 N–H and O–H groups in total. The molecule has 0 aliphatic heterocycles. The van der Waals surface area contributed by atoms with Crippen molar-refractivity contribution in [3.8, 4) is 11.8 Å². The van der Waals surface area contributed by atoms with Gasteiger partial charge in [0.2, 0.25) is 0 Å². The molecular weight excluding hydrogens is 362 g/mol. The number of hydrogen-bond acceptors (Lipinski definition) is 7. The second-order valence-electron chi connectivity index (χ2n) is 5.85. The number of carbonyl (C=O) groups is 1. The first-order valence-electron chi connectivity index (χ1n) is 8.13. The molecule has 2 rings (SSSR count). The van der Waals surface area contributed by atoms with Crippen molar-refractivity contribution in [3.05, 3.63) is 64.4 Å². The first-order chi connectivity index (χ1) is 13.3. The van der Waals surface area contributed by atoms with E-state index in [1.54, 1.807) is 6.07 Å². The number of nitrogens with one attached hydrogen (secondary N) is 2. The molecule has 9 nitrogen and oxygen atoms in total. The standard InChI is InChI=1S/C19H19N5O4/c1-23(2)15-6-4-5-14(9-15)21-12-13(11-20)19(25)22-17-8-7-16(24(26)27)10-18(17)28-3/h4-10,12,21H,1-3H3,(H,22,25)/b13-12-. The molecule has 9 heteroatoms. The summed E-state index contributed by atoms with van der Waals surface area (Å²) in [4.78, 5) is 24.6. The lowest BCUT2D eigenvalue weighted by molar-refractivity contribution is -0.384. The first kappa shape index (κ1) is 20.3. The fourth-order valence-electron chi connectivity index (χ4n) is 2.26. The number of nitriles is 1. The number of methoxy groups -OCH3 is 1. The molecular formula is C19H19N5O4. The second kappa shape index (κ2) is 9.05. The third-order valence-corrected chi connectivity index (χ3v) is 3.75. The van der Waals surface area contributed by atoms with Crippen molar-refractivity contribution in [2.45, 2.75) is 0 Å². The van der Waals surface area contributed by atoms with Crippen molar-refractivity contribution in [1.82, 2.24) is 0 Å². The highest BCUT2D eigenvalue weighted by Crippen LogP contribution is 2.29. The van der Waals surface area contributed by atoms with E-state index in [1.165, 1.54) is 31.5 Å². The van der Waals surface area contributed by atoms with E-state index in [4.69, 9.17) is 4.74 Å². The van der Waals surface area contributed by atoms with E-state index in [0.29, 0.717) is 5.69 Å². The minimum Gasteiger partial charge on any atom is -0.494 e. The molecule has 0 heterocycles. The third kappa shape index (κ3) is 4.98. The minimum atomic E-state index is -0.675. The van der Waals surface area contributed by atoms with Gasteiger partial charge in [-0.1, -0.05) is 6.07 Å². The average molecular weight is 381 g/mol. The zero-order chi connectivity index (χ0) is 20.7. The van der Waals surface area contributed by atoms with Gasteiger partial charge in [0, 0.05) is 37.7 Å². The number of benzene rings is 2. The summed E-state index contributed by atoms with van der Waals surface area (Å²) in [6, 6.07) is 13.0. The molecule has 0 unspecified atom stereocenters. The Bertz CT molecular complexity index is 963. The van der Waals surface area contributed by atoms with E-state index >= 15 is 0 Å². The molecule has 0 saturated heterocycles. The fourth-order valence-corrected chi connectivity index (χ4v) is 2.26. The molecule has 0 fully saturated rings. The Hall–Kier alpha value is -4.06. The van der Waals surface area contributed by atoms with Crippen LogP contribution in [0, 0.1) is 21.4 Å². The third-order valence-electron chi connectivity index (χ3n) is 3.75. The zero-order valence-electron chi connectivity index (χ0n) is 15.6. The summed E-state index contributed by atoms with van der Waals surface area (Å²) >= 11 is 0. The Balaban J connectivity index is 2.18. The summed E-state index contributed by atoms with van der Waals surface area (Å²) < 4.78 is 5.07. The zero-order valence-corrected chi connectivity index (χ0v) is 15.6. The van der Waals surface area contributed by atoms with Crippen molar-refractivity contribution in [2.75, 3.05) is 36.7 Å². The Morgan fingerprint density at radius 3 is 2.64 bits per heavy atom. The van der Waals surface area contributed by atoms with Crippen LogP contribution in [0.25, 0.3) is 0 Å². The number of amides is 1. The van der Waals surface area contributed by atoms with Gasteiger partial charge in [-0.25, -0.2) is 0 Å². The lowest BCUT2D eigenvalue weighted by atomic mass is 10.2. The molecule has 0 aliphatic rings. The number of ether oxygens (including phenoxy) is 1. The number of nitro groups is 1. The van der Waals surface area contributed by atoms with Gasteiger partial charge in [-0.05, 0) is 24.3 Å². The van der Waals surface area contributed by atoms with Crippen LogP contribution in [0.2, 0.25) is 0 Å². The Morgan fingerprint density at radius 2 is 2.04 bits per heavy atom. The van der Waals surface area contributed by atoms with Crippen LogP contribution in [0.5, 0.6) is 5.75 Å². The summed E-state index contributed by atoms with van der Waals surface area (Å²) in [6.07, 6.45) is 1.29. The summed E-state index contributed by atoms with van der Waals surface area (Å²) in [5.41, 5.74) is 1.54. The Morgan fingerprint density at radius 1 is 1.29 bits per heavy atom. The Kier molecular flexibility index (Phi) is 6.54. The van der Waals surface area contributed by atoms with E-state index in [0.717, 1.165) is 5.69 Å². The molecule has 0 radical (unpaired) electrons. The number of hydrogen-bond donors (Lipinski definition) is 2. The molecule has 0 atom stereocenters. The van der Waals surface area contributed by atoms with Crippen LogP contribution in [0.15, 0.2) is 54.2 Å². The van der Waals surface area contributed by atoms with Crippen LogP contribution >= 0.6 is 0 Å². The largest absolute Gasteiger partial charge is 0.494 e. The molecule has 1 amide bonds. The van der Waals surface area contributed by atoms with Crippen molar-refractivity contribution in [2.24, 2.45) is 0 Å². The molecule has 28 heavy (non-hydrogen) atoms. The number of anilines is 3. The van der Waals surface area contributed by atoms with Crippen LogP contribution in [0.4, 0.5) is 22.7 Å². The van der Waals surface area contributed by atoms with Gasteiger partial charge in [-0.15, -0.1) is 0 Å². The maximum Gasteiger partial charge on any atom is 0.273 e. The maximum atomic E-state index is 12.4. The fraction of sp³-hybridized carbons (Fsp3) is 0.158. The summed E-state index contributed by atoms with van der Waals surface area (Å²) in [6.45, 7) is 0. The number of non-ortho nitro benzene ring substituents is 1. The van der Waals surface area contributed by atoms with Crippen molar-refractivity contribution < 1.29 is 14.5 Å². The van der Waals surface area contributed by atoms with E-state index in [-0.39, 0.29) is 22.7 Å². The van der Waals surface area contributed by atoms with Crippen molar-refractivity contribution >= 4 is 28.7 Å². The van der Waals surface area contributed by atoms with Gasteiger partial charge in [0.1, 0.15) is 17.4 Å². The Labute approximate surface area is 162 Å². The highest BCUT2D eigenvalue weighted by atomic mass is 16.6. The highest BCUT2D eigenvalue weighted by Gasteiger charge is 2.15. The van der Waals surface area contributed by atoms with Gasteiger partial charge >= 0.3 is 0 Å². The number of nitro benzene ring substituents is 1.